The number of thiophene rings is 1. The van der Waals surface area contributed by atoms with Gasteiger partial charge < -0.3 is 10.2 Å². The van der Waals surface area contributed by atoms with Crippen molar-refractivity contribution in [3.63, 3.8) is 0 Å². The zero-order valence-corrected chi connectivity index (χ0v) is 16.0. The van der Waals surface area contributed by atoms with Crippen LogP contribution >= 0.6 is 11.3 Å². The van der Waals surface area contributed by atoms with Crippen LogP contribution in [0.15, 0.2) is 35.2 Å². The highest BCUT2D eigenvalue weighted by molar-refractivity contribution is 7.13. The van der Waals surface area contributed by atoms with Crippen molar-refractivity contribution in [1.29, 1.82) is 0 Å². The van der Waals surface area contributed by atoms with Gasteiger partial charge in [-0.1, -0.05) is 37.5 Å². The van der Waals surface area contributed by atoms with Crippen LogP contribution in [-0.4, -0.2) is 10.2 Å². The number of hydrogen-bond donors (Lipinski definition) is 2. The van der Waals surface area contributed by atoms with Crippen LogP contribution in [0.5, 0.6) is 11.5 Å². The molecular formula is C22H28O2S. The summed E-state index contributed by atoms with van der Waals surface area (Å²) in [5, 5.41) is 23.9. The Morgan fingerprint density at radius 2 is 2.08 bits per heavy atom. The fourth-order valence-corrected chi connectivity index (χ4v) is 4.69. The van der Waals surface area contributed by atoms with E-state index in [2.05, 4.69) is 26.0 Å². The van der Waals surface area contributed by atoms with Gasteiger partial charge in [0, 0.05) is 21.9 Å². The van der Waals surface area contributed by atoms with E-state index in [4.69, 9.17) is 0 Å². The first-order chi connectivity index (χ1) is 12.1. The van der Waals surface area contributed by atoms with Gasteiger partial charge in [-0.3, -0.25) is 0 Å². The maximum absolute atomic E-state index is 11.1. The van der Waals surface area contributed by atoms with Crippen molar-refractivity contribution in [3.8, 4) is 21.9 Å². The topological polar surface area (TPSA) is 40.5 Å². The Morgan fingerprint density at radius 1 is 1.24 bits per heavy atom. The Morgan fingerprint density at radius 3 is 2.76 bits per heavy atom. The van der Waals surface area contributed by atoms with Crippen LogP contribution in [0.1, 0.15) is 69.4 Å². The lowest BCUT2D eigenvalue weighted by molar-refractivity contribution is 0.429. The third-order valence-corrected chi connectivity index (χ3v) is 6.05. The molecule has 1 unspecified atom stereocenters. The van der Waals surface area contributed by atoms with E-state index in [1.165, 1.54) is 5.57 Å². The highest BCUT2D eigenvalue weighted by Gasteiger charge is 2.25. The summed E-state index contributed by atoms with van der Waals surface area (Å²) in [4.78, 5) is 1.08. The Kier molecular flexibility index (Phi) is 5.85. The summed E-state index contributed by atoms with van der Waals surface area (Å²) in [5.41, 5.74) is 4.04. The molecule has 1 aliphatic rings. The van der Waals surface area contributed by atoms with Gasteiger partial charge in [0.15, 0.2) is 0 Å². The number of aryl methyl sites for hydroxylation is 1. The summed E-state index contributed by atoms with van der Waals surface area (Å²) in [6.07, 6.45) is 9.72. The summed E-state index contributed by atoms with van der Waals surface area (Å²) in [5.74, 6) is 0.641. The molecule has 0 fully saturated rings. The SMILES string of the molecule is CCCCCc1cc(O)c(C2C=C(C)CCC2)c(O)c1-c1cccs1. The molecule has 2 N–H and O–H groups in total. The second kappa shape index (κ2) is 8.09. The van der Waals surface area contributed by atoms with E-state index in [0.29, 0.717) is 5.56 Å². The van der Waals surface area contributed by atoms with Gasteiger partial charge in [-0.2, -0.15) is 0 Å². The normalized spacial score (nSPS) is 17.5. The number of aromatic hydroxyl groups is 2. The minimum absolute atomic E-state index is 0.108. The van der Waals surface area contributed by atoms with Crippen molar-refractivity contribution >= 4 is 11.3 Å². The molecule has 0 saturated heterocycles. The summed E-state index contributed by atoms with van der Waals surface area (Å²) in [6.45, 7) is 4.33. The van der Waals surface area contributed by atoms with E-state index in [1.54, 1.807) is 11.3 Å². The number of unbranched alkanes of at least 4 members (excludes halogenated alkanes) is 2. The van der Waals surface area contributed by atoms with Crippen LogP contribution in [0, 0.1) is 0 Å². The molecule has 134 valence electrons. The van der Waals surface area contributed by atoms with Gasteiger partial charge in [0.25, 0.3) is 0 Å². The van der Waals surface area contributed by atoms with Gasteiger partial charge >= 0.3 is 0 Å². The maximum Gasteiger partial charge on any atom is 0.131 e. The van der Waals surface area contributed by atoms with Gasteiger partial charge in [0.1, 0.15) is 11.5 Å². The molecule has 0 saturated carbocycles. The number of phenols is 2. The fraction of sp³-hybridized carbons (Fsp3) is 0.455. The molecular weight excluding hydrogens is 328 g/mol. The van der Waals surface area contributed by atoms with Gasteiger partial charge in [-0.25, -0.2) is 0 Å². The van der Waals surface area contributed by atoms with E-state index in [9.17, 15) is 10.2 Å². The molecule has 1 aliphatic carbocycles. The Hall–Kier alpha value is -1.74. The van der Waals surface area contributed by atoms with Gasteiger partial charge in [-0.15, -0.1) is 11.3 Å². The van der Waals surface area contributed by atoms with Crippen molar-refractivity contribution in [3.05, 3.63) is 46.4 Å². The van der Waals surface area contributed by atoms with Crippen molar-refractivity contribution in [2.45, 2.75) is 64.7 Å². The molecule has 1 heterocycles. The van der Waals surface area contributed by atoms with Gasteiger partial charge in [-0.05, 0) is 62.1 Å². The van der Waals surface area contributed by atoms with Crippen LogP contribution in [0.25, 0.3) is 10.4 Å². The molecule has 0 spiro atoms. The number of allylic oxidation sites excluding steroid dienone is 2. The Balaban J connectivity index is 2.08. The first-order valence-corrected chi connectivity index (χ1v) is 10.3. The third kappa shape index (κ3) is 3.92. The van der Waals surface area contributed by atoms with Gasteiger partial charge in [0.2, 0.25) is 0 Å². The van der Waals surface area contributed by atoms with Crippen LogP contribution in [0.2, 0.25) is 0 Å². The predicted octanol–water partition coefficient (Wildman–Crippen LogP) is 6.77. The van der Waals surface area contributed by atoms with Crippen LogP contribution in [0.4, 0.5) is 0 Å². The smallest absolute Gasteiger partial charge is 0.131 e. The lowest BCUT2D eigenvalue weighted by Crippen LogP contribution is -2.04. The lowest BCUT2D eigenvalue weighted by Gasteiger charge is -2.24. The Labute approximate surface area is 154 Å². The average Bonchev–Trinajstić information content (AvgIpc) is 3.09. The summed E-state index contributed by atoms with van der Waals surface area (Å²) in [6, 6.07) is 5.98. The van der Waals surface area contributed by atoms with Crippen molar-refractivity contribution in [2.75, 3.05) is 0 Å². The van der Waals surface area contributed by atoms with Crippen molar-refractivity contribution < 1.29 is 10.2 Å². The zero-order chi connectivity index (χ0) is 17.8. The molecule has 25 heavy (non-hydrogen) atoms. The second-order valence-electron chi connectivity index (χ2n) is 7.14. The molecule has 0 amide bonds. The van der Waals surface area contributed by atoms with E-state index >= 15 is 0 Å². The molecule has 0 bridgehead atoms. The fourth-order valence-electron chi connectivity index (χ4n) is 3.89. The minimum atomic E-state index is 0.108. The number of phenolic OH excluding ortho intramolecular Hbond substituents is 2. The second-order valence-corrected chi connectivity index (χ2v) is 8.09. The first kappa shape index (κ1) is 18.1. The van der Waals surface area contributed by atoms with E-state index < -0.39 is 0 Å². The van der Waals surface area contributed by atoms with Crippen LogP contribution < -0.4 is 0 Å². The van der Waals surface area contributed by atoms with Gasteiger partial charge in [0.05, 0.1) is 0 Å². The van der Waals surface area contributed by atoms with E-state index in [1.807, 2.05) is 17.5 Å². The molecule has 3 rings (SSSR count). The molecule has 0 aliphatic heterocycles. The monoisotopic (exact) mass is 356 g/mol. The summed E-state index contributed by atoms with van der Waals surface area (Å²) < 4.78 is 0. The number of benzene rings is 1. The molecule has 0 radical (unpaired) electrons. The summed E-state index contributed by atoms with van der Waals surface area (Å²) >= 11 is 1.65. The van der Waals surface area contributed by atoms with Crippen molar-refractivity contribution in [2.24, 2.45) is 0 Å². The van der Waals surface area contributed by atoms with Crippen LogP contribution in [0.3, 0.4) is 0 Å². The highest BCUT2D eigenvalue weighted by atomic mass is 32.1. The zero-order valence-electron chi connectivity index (χ0n) is 15.2. The quantitative estimate of drug-likeness (QED) is 0.443. The molecule has 2 aromatic rings. The predicted molar refractivity (Wildman–Crippen MR) is 107 cm³/mol. The molecule has 3 heteroatoms. The minimum Gasteiger partial charge on any atom is -0.507 e. The van der Waals surface area contributed by atoms with Crippen molar-refractivity contribution in [1.82, 2.24) is 0 Å². The first-order valence-electron chi connectivity index (χ1n) is 9.40. The Bertz CT molecular complexity index is 744. The molecule has 1 aromatic carbocycles. The average molecular weight is 357 g/mol. The highest BCUT2D eigenvalue weighted by Crippen LogP contribution is 2.48. The van der Waals surface area contributed by atoms with Crippen LogP contribution in [-0.2, 0) is 6.42 Å². The number of hydrogen-bond acceptors (Lipinski definition) is 3. The third-order valence-electron chi connectivity index (χ3n) is 5.16. The van der Waals surface area contributed by atoms with E-state index in [0.717, 1.165) is 60.9 Å². The summed E-state index contributed by atoms with van der Waals surface area (Å²) in [7, 11) is 0. The largest absolute Gasteiger partial charge is 0.507 e. The maximum atomic E-state index is 11.1. The lowest BCUT2D eigenvalue weighted by atomic mass is 9.83. The van der Waals surface area contributed by atoms with E-state index in [-0.39, 0.29) is 17.4 Å². The molecule has 1 aromatic heterocycles. The molecule has 1 atom stereocenters. The standard InChI is InChI=1S/C22H28O2S/c1-3-4-5-9-17-14-18(23)20(16-10-6-8-15(2)13-16)22(24)21(17)19-11-7-12-25-19/h7,11-14,16,23-24H,3-6,8-10H2,1-2H3. The molecule has 2 nitrogen and oxygen atoms in total. The number of rotatable bonds is 6.